The minimum absolute atomic E-state index is 0.0306. The lowest BCUT2D eigenvalue weighted by Gasteiger charge is -2.57. The van der Waals surface area contributed by atoms with Gasteiger partial charge in [0.25, 0.3) is 0 Å². The number of aliphatic carboxylic acids is 2. The molecule has 0 radical (unpaired) electrons. The van der Waals surface area contributed by atoms with Crippen LogP contribution in [-0.4, -0.2) is 60.7 Å². The van der Waals surface area contributed by atoms with Gasteiger partial charge < -0.3 is 26.0 Å². The van der Waals surface area contributed by atoms with E-state index in [4.69, 9.17) is 22.1 Å². The van der Waals surface area contributed by atoms with E-state index in [9.17, 15) is 37.4 Å². The minimum Gasteiger partial charge on any atom is -0.481 e. The van der Waals surface area contributed by atoms with E-state index in [1.54, 1.807) is 0 Å². The number of rotatable bonds is 9. The zero-order chi connectivity index (χ0) is 26.1. The van der Waals surface area contributed by atoms with Gasteiger partial charge in [-0.3, -0.25) is 9.59 Å². The van der Waals surface area contributed by atoms with E-state index in [0.29, 0.717) is 12.1 Å². The van der Waals surface area contributed by atoms with Gasteiger partial charge in [0.1, 0.15) is 12.5 Å². The van der Waals surface area contributed by atoms with Gasteiger partial charge in [0.15, 0.2) is 0 Å². The predicted molar refractivity (Wildman–Crippen MR) is 112 cm³/mol. The third-order valence-electron chi connectivity index (χ3n) is 6.72. The fourth-order valence-corrected chi connectivity index (χ4v) is 5.30. The molecule has 1 aliphatic rings. The Kier molecular flexibility index (Phi) is 8.55. The molecule has 0 amide bonds. The molecular weight excluding hydrogens is 491 g/mol. The summed E-state index contributed by atoms with van der Waals surface area (Å²) in [5.74, 6) is -7.20. The summed E-state index contributed by atoms with van der Waals surface area (Å²) in [7, 11) is 0. The Hall–Kier alpha value is -2.02. The second-order valence-electron chi connectivity index (χ2n) is 8.33. The molecule has 13 heteroatoms. The van der Waals surface area contributed by atoms with Gasteiger partial charge >= 0.3 is 18.1 Å². The molecule has 192 valence electrons. The highest BCUT2D eigenvalue weighted by molar-refractivity contribution is 6.31. The van der Waals surface area contributed by atoms with Crippen LogP contribution in [0.2, 0.25) is 5.02 Å². The Morgan fingerprint density at radius 2 is 1.85 bits per heavy atom. The van der Waals surface area contributed by atoms with Gasteiger partial charge in [-0.15, -0.1) is 0 Å². The second-order valence-corrected chi connectivity index (χ2v) is 8.73. The number of benzene rings is 1. The summed E-state index contributed by atoms with van der Waals surface area (Å²) >= 11 is 5.79. The molecule has 34 heavy (non-hydrogen) atoms. The zero-order valence-corrected chi connectivity index (χ0v) is 19.1. The van der Waals surface area contributed by atoms with Crippen LogP contribution in [0.5, 0.6) is 0 Å². The summed E-state index contributed by atoms with van der Waals surface area (Å²) in [6.45, 7) is 0.342. The normalized spacial score (nSPS) is 29.7. The van der Waals surface area contributed by atoms with Crippen molar-refractivity contribution in [1.82, 2.24) is 5.32 Å². The molecule has 0 aromatic heterocycles. The van der Waals surface area contributed by atoms with Gasteiger partial charge in [0, 0.05) is 24.1 Å². The number of alkyl halides is 4. The van der Waals surface area contributed by atoms with Crippen LogP contribution in [0.25, 0.3) is 0 Å². The lowest BCUT2D eigenvalue weighted by Crippen LogP contribution is -2.72. The number of hydrogen-bond acceptors (Lipinski definition) is 5. The van der Waals surface area contributed by atoms with Crippen molar-refractivity contribution in [2.24, 2.45) is 16.6 Å². The SMILES string of the molecule is CCC1(C(=O)O)C(COCCN)NC(CF)C(C)(C(=O)O)C1c1c(F)ccc(Cl)c1C(F)(F)F. The molecule has 1 aromatic carbocycles. The van der Waals surface area contributed by atoms with Crippen molar-refractivity contribution in [2.75, 3.05) is 26.4 Å². The van der Waals surface area contributed by atoms with Crippen LogP contribution in [0.1, 0.15) is 37.3 Å². The van der Waals surface area contributed by atoms with Crippen LogP contribution in [0.15, 0.2) is 12.1 Å². The number of piperidine rings is 1. The van der Waals surface area contributed by atoms with E-state index >= 15 is 4.39 Å². The molecule has 0 saturated carbocycles. The molecule has 1 fully saturated rings. The number of halogens is 6. The molecule has 2 rings (SSSR count). The number of ether oxygens (including phenoxy) is 1. The monoisotopic (exact) mass is 516 g/mol. The second kappa shape index (κ2) is 10.3. The Morgan fingerprint density at radius 3 is 2.29 bits per heavy atom. The van der Waals surface area contributed by atoms with Crippen LogP contribution in [0.4, 0.5) is 22.0 Å². The van der Waals surface area contributed by atoms with E-state index in [0.717, 1.165) is 6.92 Å². The third-order valence-corrected chi connectivity index (χ3v) is 7.04. The van der Waals surface area contributed by atoms with Crippen LogP contribution < -0.4 is 11.1 Å². The molecule has 0 bridgehead atoms. The van der Waals surface area contributed by atoms with E-state index in [-0.39, 0.29) is 13.2 Å². The van der Waals surface area contributed by atoms with Gasteiger partial charge in [0.05, 0.1) is 40.7 Å². The number of carbonyl (C=O) groups is 2. The summed E-state index contributed by atoms with van der Waals surface area (Å²) in [4.78, 5) is 25.2. The fourth-order valence-electron chi connectivity index (χ4n) is 5.03. The number of hydrogen-bond donors (Lipinski definition) is 4. The fraction of sp³-hybridized carbons (Fsp3) is 0.619. The van der Waals surface area contributed by atoms with E-state index in [1.807, 2.05) is 0 Å². The van der Waals surface area contributed by atoms with E-state index in [2.05, 4.69) is 5.32 Å². The minimum atomic E-state index is -5.27. The average molecular weight is 517 g/mol. The molecule has 1 heterocycles. The highest BCUT2D eigenvalue weighted by atomic mass is 35.5. The van der Waals surface area contributed by atoms with E-state index < -0.39 is 88.6 Å². The molecular formula is C21H26ClF5N2O5. The first-order valence-electron chi connectivity index (χ1n) is 10.4. The van der Waals surface area contributed by atoms with Crippen molar-refractivity contribution in [3.8, 4) is 0 Å². The number of carboxylic acids is 2. The summed E-state index contributed by atoms with van der Waals surface area (Å²) in [5.41, 5.74) is -2.46. The van der Waals surface area contributed by atoms with E-state index in [1.165, 1.54) is 6.92 Å². The van der Waals surface area contributed by atoms with Gasteiger partial charge in [-0.25, -0.2) is 8.78 Å². The van der Waals surface area contributed by atoms with Crippen LogP contribution >= 0.6 is 11.6 Å². The van der Waals surface area contributed by atoms with Crippen molar-refractivity contribution in [3.63, 3.8) is 0 Å². The van der Waals surface area contributed by atoms with Crippen LogP contribution in [0, 0.1) is 16.6 Å². The molecule has 0 spiro atoms. The number of carboxylic acid groups (broad SMARTS) is 2. The topological polar surface area (TPSA) is 122 Å². The first-order chi connectivity index (χ1) is 15.7. The lowest BCUT2D eigenvalue weighted by atomic mass is 9.50. The maximum Gasteiger partial charge on any atom is 0.418 e. The summed E-state index contributed by atoms with van der Waals surface area (Å²) in [5, 5.41) is 22.1. The molecule has 1 saturated heterocycles. The Balaban J connectivity index is 3.04. The first kappa shape index (κ1) is 28.2. The smallest absolute Gasteiger partial charge is 0.418 e. The van der Waals surface area contributed by atoms with Crippen molar-refractivity contribution < 1.29 is 46.5 Å². The predicted octanol–water partition coefficient (Wildman–Crippen LogP) is 3.44. The highest BCUT2D eigenvalue weighted by Crippen LogP contribution is 2.59. The van der Waals surface area contributed by atoms with Crippen molar-refractivity contribution in [1.29, 1.82) is 0 Å². The molecule has 5 N–H and O–H groups in total. The third kappa shape index (κ3) is 4.48. The quantitative estimate of drug-likeness (QED) is 0.293. The number of nitrogens with two attached hydrogens (primary N) is 1. The summed E-state index contributed by atoms with van der Waals surface area (Å²) < 4.78 is 77.1. The van der Waals surface area contributed by atoms with Crippen molar-refractivity contribution in [2.45, 2.75) is 44.4 Å². The van der Waals surface area contributed by atoms with Crippen molar-refractivity contribution >= 4 is 23.5 Å². The maximum atomic E-state index is 15.3. The lowest BCUT2D eigenvalue weighted by molar-refractivity contribution is -0.177. The zero-order valence-electron chi connectivity index (χ0n) is 18.4. The highest BCUT2D eigenvalue weighted by Gasteiger charge is 2.68. The Morgan fingerprint density at radius 1 is 1.24 bits per heavy atom. The Bertz CT molecular complexity index is 934. The number of nitrogens with one attached hydrogen (secondary N) is 1. The van der Waals surface area contributed by atoms with Gasteiger partial charge in [0.2, 0.25) is 0 Å². The molecule has 1 aliphatic heterocycles. The molecule has 0 aliphatic carbocycles. The van der Waals surface area contributed by atoms with Crippen LogP contribution in [0.3, 0.4) is 0 Å². The van der Waals surface area contributed by atoms with Gasteiger partial charge in [-0.2, -0.15) is 13.2 Å². The largest absolute Gasteiger partial charge is 0.481 e. The summed E-state index contributed by atoms with van der Waals surface area (Å²) in [6.07, 6.45) is -5.71. The molecule has 5 atom stereocenters. The average Bonchev–Trinajstić information content (AvgIpc) is 2.74. The van der Waals surface area contributed by atoms with Gasteiger partial charge in [-0.05, 0) is 25.5 Å². The Labute approximate surface area is 197 Å². The molecule has 5 unspecified atom stereocenters. The maximum absolute atomic E-state index is 15.3. The summed E-state index contributed by atoms with van der Waals surface area (Å²) in [6, 6.07) is -1.83. The molecule has 1 aromatic rings. The molecule has 7 nitrogen and oxygen atoms in total. The van der Waals surface area contributed by atoms with Gasteiger partial charge in [-0.1, -0.05) is 18.5 Å². The van der Waals surface area contributed by atoms with Crippen LogP contribution in [-0.2, 0) is 20.5 Å². The standard InChI is InChI=1S/C21H26ClF5N2O5/c1-3-20(18(32)33)13(9-34-7-6-28)29-12(8-23)19(2,17(30)31)16(20)14-11(24)5-4-10(22)15(14)21(25,26)27/h4-5,12-13,16,29H,3,6-9,28H2,1-2H3,(H,30,31)(H,32,33). The first-order valence-corrected chi connectivity index (χ1v) is 10.7. The van der Waals surface area contributed by atoms with Crippen molar-refractivity contribution in [3.05, 3.63) is 34.1 Å².